The molecule has 0 saturated carbocycles. The lowest BCUT2D eigenvalue weighted by Gasteiger charge is -2.32. The van der Waals surface area contributed by atoms with Crippen molar-refractivity contribution in [3.63, 3.8) is 0 Å². The largest absolute Gasteiger partial charge is 0.405 e. The van der Waals surface area contributed by atoms with Gasteiger partial charge in [-0.2, -0.15) is 13.2 Å². The standard InChI is InChI=1S/C13H24F3N3O/c1-10(2)17-7-11-3-5-19(6-4-11)8-12(20)18-9-13(14,15)16/h10-11,17H,3-9H2,1-2H3,(H,18,20). The summed E-state index contributed by atoms with van der Waals surface area (Å²) in [6.45, 7) is 5.50. The Morgan fingerprint density at radius 3 is 2.40 bits per heavy atom. The first-order valence-corrected chi connectivity index (χ1v) is 7.05. The van der Waals surface area contributed by atoms with E-state index in [0.29, 0.717) is 12.0 Å². The maximum Gasteiger partial charge on any atom is 0.405 e. The van der Waals surface area contributed by atoms with Gasteiger partial charge in [-0.25, -0.2) is 0 Å². The number of amides is 1. The normalized spacial score (nSPS) is 18.5. The predicted molar refractivity (Wildman–Crippen MR) is 71.4 cm³/mol. The van der Waals surface area contributed by atoms with Gasteiger partial charge in [0.25, 0.3) is 0 Å². The molecule has 1 rings (SSSR count). The van der Waals surface area contributed by atoms with E-state index >= 15 is 0 Å². The molecule has 20 heavy (non-hydrogen) atoms. The first-order valence-electron chi connectivity index (χ1n) is 7.05. The lowest BCUT2D eigenvalue weighted by molar-refractivity contribution is -0.139. The van der Waals surface area contributed by atoms with Crippen molar-refractivity contribution in [2.24, 2.45) is 5.92 Å². The zero-order valence-electron chi connectivity index (χ0n) is 12.1. The molecule has 0 bridgehead atoms. The Morgan fingerprint density at radius 2 is 1.90 bits per heavy atom. The van der Waals surface area contributed by atoms with Crippen LogP contribution in [0, 0.1) is 5.92 Å². The van der Waals surface area contributed by atoms with Crippen molar-refractivity contribution < 1.29 is 18.0 Å². The van der Waals surface area contributed by atoms with E-state index in [2.05, 4.69) is 19.2 Å². The summed E-state index contributed by atoms with van der Waals surface area (Å²) in [7, 11) is 0. The topological polar surface area (TPSA) is 44.4 Å². The molecule has 0 atom stereocenters. The van der Waals surface area contributed by atoms with Crippen LogP contribution in [-0.2, 0) is 4.79 Å². The molecule has 1 amide bonds. The number of nitrogens with zero attached hydrogens (tertiary/aromatic N) is 1. The number of carbonyl (C=O) groups is 1. The van der Waals surface area contributed by atoms with Crippen LogP contribution in [0.1, 0.15) is 26.7 Å². The third kappa shape index (κ3) is 7.69. The molecule has 1 saturated heterocycles. The van der Waals surface area contributed by atoms with E-state index < -0.39 is 18.6 Å². The van der Waals surface area contributed by atoms with Crippen LogP contribution in [0.2, 0.25) is 0 Å². The quantitative estimate of drug-likeness (QED) is 0.778. The third-order valence-electron chi connectivity index (χ3n) is 3.38. The molecule has 0 aromatic heterocycles. The molecule has 1 heterocycles. The first kappa shape index (κ1) is 17.2. The van der Waals surface area contributed by atoms with Crippen LogP contribution >= 0.6 is 0 Å². The number of hydrogen-bond acceptors (Lipinski definition) is 3. The molecule has 0 aromatic rings. The summed E-state index contributed by atoms with van der Waals surface area (Å²) in [5.74, 6) is 0.0352. The molecule has 0 radical (unpaired) electrons. The first-order chi connectivity index (χ1) is 9.26. The van der Waals surface area contributed by atoms with Crippen molar-refractivity contribution in [2.45, 2.75) is 38.9 Å². The van der Waals surface area contributed by atoms with Crippen LogP contribution in [0.15, 0.2) is 0 Å². The van der Waals surface area contributed by atoms with E-state index in [0.717, 1.165) is 32.5 Å². The second kappa shape index (κ2) is 7.83. The van der Waals surface area contributed by atoms with Crippen LogP contribution in [0.3, 0.4) is 0 Å². The molecular weight excluding hydrogens is 271 g/mol. The fraction of sp³-hybridized carbons (Fsp3) is 0.923. The van der Waals surface area contributed by atoms with E-state index in [-0.39, 0.29) is 6.54 Å². The van der Waals surface area contributed by atoms with Crippen molar-refractivity contribution in [3.05, 3.63) is 0 Å². The second-order valence-corrected chi connectivity index (χ2v) is 5.67. The van der Waals surface area contributed by atoms with E-state index in [9.17, 15) is 18.0 Å². The van der Waals surface area contributed by atoms with Gasteiger partial charge in [0.15, 0.2) is 0 Å². The number of likely N-dealkylation sites (tertiary alicyclic amines) is 1. The molecule has 4 nitrogen and oxygen atoms in total. The van der Waals surface area contributed by atoms with Gasteiger partial charge in [0.05, 0.1) is 6.54 Å². The highest BCUT2D eigenvalue weighted by Crippen LogP contribution is 2.16. The highest BCUT2D eigenvalue weighted by Gasteiger charge is 2.28. The van der Waals surface area contributed by atoms with Gasteiger partial charge in [-0.15, -0.1) is 0 Å². The Hall–Kier alpha value is -0.820. The van der Waals surface area contributed by atoms with Crippen LogP contribution in [-0.4, -0.2) is 55.7 Å². The van der Waals surface area contributed by atoms with Gasteiger partial charge < -0.3 is 10.6 Å². The molecule has 0 spiro atoms. The average molecular weight is 295 g/mol. The SMILES string of the molecule is CC(C)NCC1CCN(CC(=O)NCC(F)(F)F)CC1. The highest BCUT2D eigenvalue weighted by atomic mass is 19.4. The van der Waals surface area contributed by atoms with Crippen molar-refractivity contribution in [3.8, 4) is 0 Å². The number of nitrogens with one attached hydrogen (secondary N) is 2. The zero-order valence-corrected chi connectivity index (χ0v) is 12.1. The van der Waals surface area contributed by atoms with Gasteiger partial charge in [0, 0.05) is 6.04 Å². The average Bonchev–Trinajstić information content (AvgIpc) is 2.35. The Kier molecular flexibility index (Phi) is 6.75. The fourth-order valence-electron chi connectivity index (χ4n) is 2.21. The number of piperidine rings is 1. The van der Waals surface area contributed by atoms with Crippen LogP contribution in [0.4, 0.5) is 13.2 Å². The van der Waals surface area contributed by atoms with Crippen molar-refractivity contribution in [2.75, 3.05) is 32.7 Å². The monoisotopic (exact) mass is 295 g/mol. The minimum Gasteiger partial charge on any atom is -0.346 e. The summed E-state index contributed by atoms with van der Waals surface area (Å²) in [5.41, 5.74) is 0. The maximum absolute atomic E-state index is 12.0. The summed E-state index contributed by atoms with van der Waals surface area (Å²) in [4.78, 5) is 13.3. The molecule has 0 aromatic carbocycles. The fourth-order valence-corrected chi connectivity index (χ4v) is 2.21. The van der Waals surface area contributed by atoms with Crippen molar-refractivity contribution >= 4 is 5.91 Å². The summed E-state index contributed by atoms with van der Waals surface area (Å²) in [6.07, 6.45) is -2.39. The van der Waals surface area contributed by atoms with Crippen molar-refractivity contribution in [1.29, 1.82) is 0 Å². The number of rotatable bonds is 6. The Balaban J connectivity index is 2.17. The predicted octanol–water partition coefficient (Wildman–Crippen LogP) is 1.37. The van der Waals surface area contributed by atoms with E-state index in [1.807, 2.05) is 10.2 Å². The number of hydrogen-bond donors (Lipinski definition) is 2. The molecule has 1 aliphatic heterocycles. The summed E-state index contributed by atoms with van der Waals surface area (Å²) < 4.78 is 35.9. The Bertz CT molecular complexity index is 300. The van der Waals surface area contributed by atoms with Gasteiger partial charge in [0.1, 0.15) is 6.54 Å². The van der Waals surface area contributed by atoms with Crippen molar-refractivity contribution in [1.82, 2.24) is 15.5 Å². The van der Waals surface area contributed by atoms with E-state index in [1.165, 1.54) is 0 Å². The number of carbonyl (C=O) groups excluding carboxylic acids is 1. The van der Waals surface area contributed by atoms with Gasteiger partial charge in [-0.05, 0) is 38.4 Å². The minimum absolute atomic E-state index is 0.0560. The van der Waals surface area contributed by atoms with E-state index in [4.69, 9.17) is 0 Å². The molecule has 1 fully saturated rings. The lowest BCUT2D eigenvalue weighted by atomic mass is 9.96. The number of alkyl halides is 3. The summed E-state index contributed by atoms with van der Waals surface area (Å²) >= 11 is 0. The smallest absolute Gasteiger partial charge is 0.346 e. The van der Waals surface area contributed by atoms with Gasteiger partial charge in [-0.3, -0.25) is 9.69 Å². The van der Waals surface area contributed by atoms with Crippen LogP contribution in [0.5, 0.6) is 0 Å². The van der Waals surface area contributed by atoms with Gasteiger partial charge in [-0.1, -0.05) is 13.8 Å². The number of halogens is 3. The third-order valence-corrected chi connectivity index (χ3v) is 3.38. The van der Waals surface area contributed by atoms with Crippen LogP contribution < -0.4 is 10.6 Å². The zero-order chi connectivity index (χ0) is 15.2. The van der Waals surface area contributed by atoms with E-state index in [1.54, 1.807) is 0 Å². The molecule has 2 N–H and O–H groups in total. The lowest BCUT2D eigenvalue weighted by Crippen LogP contribution is -2.45. The maximum atomic E-state index is 12.0. The van der Waals surface area contributed by atoms with Gasteiger partial charge >= 0.3 is 6.18 Å². The summed E-state index contributed by atoms with van der Waals surface area (Å²) in [6, 6.07) is 0.459. The molecule has 0 aliphatic carbocycles. The molecule has 118 valence electrons. The molecular formula is C13H24F3N3O. The Labute approximate surface area is 118 Å². The van der Waals surface area contributed by atoms with Gasteiger partial charge in [0.2, 0.25) is 5.91 Å². The molecule has 1 aliphatic rings. The summed E-state index contributed by atoms with van der Waals surface area (Å²) in [5, 5.41) is 5.29. The highest BCUT2D eigenvalue weighted by molar-refractivity contribution is 5.78. The Morgan fingerprint density at radius 1 is 1.30 bits per heavy atom. The minimum atomic E-state index is -4.34. The molecule has 7 heteroatoms. The molecule has 0 unspecified atom stereocenters. The van der Waals surface area contributed by atoms with Crippen LogP contribution in [0.25, 0.3) is 0 Å². The second-order valence-electron chi connectivity index (χ2n) is 5.67.